The molecule has 13 heavy (non-hydrogen) atoms. The third kappa shape index (κ3) is 1.09. The molecule has 3 aliphatic rings. The van der Waals surface area contributed by atoms with Crippen molar-refractivity contribution in [3.8, 4) is 0 Å². The van der Waals surface area contributed by atoms with Crippen LogP contribution in [0.1, 0.15) is 38.5 Å². The Hall–Kier alpha value is -0.0400. The summed E-state index contributed by atoms with van der Waals surface area (Å²) in [5.41, 5.74) is 0.762. The Morgan fingerprint density at radius 3 is 2.38 bits per heavy atom. The monoisotopic (exact) mass is 179 g/mol. The van der Waals surface area contributed by atoms with Crippen LogP contribution in [0.15, 0.2) is 0 Å². The van der Waals surface area contributed by atoms with E-state index in [1.807, 2.05) is 0 Å². The van der Waals surface area contributed by atoms with Crippen molar-refractivity contribution in [1.29, 1.82) is 0 Å². The zero-order valence-electron chi connectivity index (χ0n) is 8.68. The van der Waals surface area contributed by atoms with Gasteiger partial charge >= 0.3 is 0 Å². The second kappa shape index (κ2) is 2.73. The molecule has 0 aromatic carbocycles. The van der Waals surface area contributed by atoms with Gasteiger partial charge in [-0.25, -0.2) is 0 Å². The van der Waals surface area contributed by atoms with E-state index in [0.717, 1.165) is 23.2 Å². The highest BCUT2D eigenvalue weighted by atomic mass is 14.9. The van der Waals surface area contributed by atoms with E-state index in [0.29, 0.717) is 0 Å². The van der Waals surface area contributed by atoms with Crippen molar-refractivity contribution < 1.29 is 0 Å². The first-order chi connectivity index (χ1) is 6.35. The van der Waals surface area contributed by atoms with Crippen LogP contribution >= 0.6 is 0 Å². The van der Waals surface area contributed by atoms with E-state index < -0.39 is 0 Å². The fourth-order valence-corrected chi connectivity index (χ4v) is 4.33. The molecule has 0 saturated heterocycles. The van der Waals surface area contributed by atoms with Gasteiger partial charge in [-0.1, -0.05) is 6.42 Å². The lowest BCUT2D eigenvalue weighted by molar-refractivity contribution is 0.128. The summed E-state index contributed by atoms with van der Waals surface area (Å²) >= 11 is 0. The topological polar surface area (TPSA) is 12.0 Å². The van der Waals surface area contributed by atoms with E-state index in [1.54, 1.807) is 25.7 Å². The highest BCUT2D eigenvalue weighted by Gasteiger charge is 2.56. The minimum absolute atomic E-state index is 0.762. The number of hydrogen-bond acceptors (Lipinski definition) is 1. The van der Waals surface area contributed by atoms with E-state index in [2.05, 4.69) is 12.4 Å². The fraction of sp³-hybridized carbons (Fsp3) is 1.00. The molecule has 1 nitrogen and oxygen atoms in total. The standard InChI is InChI=1S/C12H21N/c1-13-8-12(10-4-5-10)7-9-2-3-11(12)6-9/h9-11,13H,2-8H2,1H3. The minimum atomic E-state index is 0.762. The molecule has 0 aliphatic heterocycles. The molecule has 3 saturated carbocycles. The Labute approximate surface area is 81.3 Å². The molecule has 0 amide bonds. The summed E-state index contributed by atoms with van der Waals surface area (Å²) in [7, 11) is 2.14. The zero-order chi connectivity index (χ0) is 8.89. The van der Waals surface area contributed by atoms with Gasteiger partial charge in [-0.15, -0.1) is 0 Å². The number of nitrogens with one attached hydrogen (secondary N) is 1. The van der Waals surface area contributed by atoms with Crippen LogP contribution in [0.3, 0.4) is 0 Å². The van der Waals surface area contributed by atoms with E-state index in [-0.39, 0.29) is 0 Å². The van der Waals surface area contributed by atoms with Crippen LogP contribution in [0, 0.1) is 23.2 Å². The van der Waals surface area contributed by atoms with E-state index >= 15 is 0 Å². The molecule has 3 unspecified atom stereocenters. The van der Waals surface area contributed by atoms with Crippen molar-refractivity contribution in [3.05, 3.63) is 0 Å². The SMILES string of the molecule is CNCC1(C2CC2)CC2CCC1C2. The third-order valence-corrected chi connectivity index (χ3v) is 4.92. The van der Waals surface area contributed by atoms with Gasteiger partial charge in [-0.3, -0.25) is 0 Å². The van der Waals surface area contributed by atoms with Gasteiger partial charge in [0.2, 0.25) is 0 Å². The third-order valence-electron chi connectivity index (χ3n) is 4.92. The number of fused-ring (bicyclic) bond motifs is 2. The van der Waals surface area contributed by atoms with Crippen LogP contribution in [0.5, 0.6) is 0 Å². The minimum Gasteiger partial charge on any atom is -0.319 e. The normalized spacial score (nSPS) is 48.7. The zero-order valence-corrected chi connectivity index (χ0v) is 8.68. The van der Waals surface area contributed by atoms with Crippen LogP contribution < -0.4 is 5.32 Å². The van der Waals surface area contributed by atoms with Crippen molar-refractivity contribution in [2.45, 2.75) is 38.5 Å². The molecule has 1 heteroatoms. The van der Waals surface area contributed by atoms with Gasteiger partial charge < -0.3 is 5.32 Å². The Bertz CT molecular complexity index is 209. The molecule has 3 fully saturated rings. The summed E-state index contributed by atoms with van der Waals surface area (Å²) in [6.07, 6.45) is 9.28. The molecule has 0 radical (unpaired) electrons. The molecule has 3 aliphatic carbocycles. The van der Waals surface area contributed by atoms with Crippen LogP contribution in [0.4, 0.5) is 0 Å². The number of hydrogen-bond donors (Lipinski definition) is 1. The van der Waals surface area contributed by atoms with Crippen molar-refractivity contribution in [2.24, 2.45) is 23.2 Å². The second-order valence-corrected chi connectivity index (χ2v) is 5.62. The Morgan fingerprint density at radius 1 is 1.15 bits per heavy atom. The lowest BCUT2D eigenvalue weighted by Gasteiger charge is -2.38. The summed E-state index contributed by atoms with van der Waals surface area (Å²) in [4.78, 5) is 0. The number of rotatable bonds is 3. The highest BCUT2D eigenvalue weighted by Crippen LogP contribution is 2.64. The van der Waals surface area contributed by atoms with Crippen molar-refractivity contribution in [3.63, 3.8) is 0 Å². The average molecular weight is 179 g/mol. The summed E-state index contributed by atoms with van der Waals surface area (Å²) in [6, 6.07) is 0. The quantitative estimate of drug-likeness (QED) is 0.701. The van der Waals surface area contributed by atoms with Gasteiger partial charge in [-0.2, -0.15) is 0 Å². The van der Waals surface area contributed by atoms with E-state index in [1.165, 1.54) is 19.4 Å². The maximum absolute atomic E-state index is 3.46. The van der Waals surface area contributed by atoms with Crippen LogP contribution in [-0.4, -0.2) is 13.6 Å². The van der Waals surface area contributed by atoms with Gasteiger partial charge in [0.15, 0.2) is 0 Å². The largest absolute Gasteiger partial charge is 0.319 e. The van der Waals surface area contributed by atoms with Crippen LogP contribution in [0.25, 0.3) is 0 Å². The van der Waals surface area contributed by atoms with Crippen molar-refractivity contribution in [1.82, 2.24) is 5.32 Å². The molecule has 1 N–H and O–H groups in total. The Kier molecular flexibility index (Phi) is 1.74. The Morgan fingerprint density at radius 2 is 1.92 bits per heavy atom. The second-order valence-electron chi connectivity index (χ2n) is 5.62. The fourth-order valence-electron chi connectivity index (χ4n) is 4.33. The summed E-state index contributed by atoms with van der Waals surface area (Å²) < 4.78 is 0. The first-order valence-corrected chi connectivity index (χ1v) is 6.00. The van der Waals surface area contributed by atoms with Gasteiger partial charge in [0.25, 0.3) is 0 Å². The molecule has 74 valence electrons. The molecule has 0 aromatic heterocycles. The Balaban J connectivity index is 1.83. The van der Waals surface area contributed by atoms with Crippen LogP contribution in [0.2, 0.25) is 0 Å². The maximum Gasteiger partial charge on any atom is 0.00102 e. The lowest BCUT2D eigenvalue weighted by Crippen LogP contribution is -2.39. The molecular weight excluding hydrogens is 158 g/mol. The first kappa shape index (κ1) is 8.28. The predicted octanol–water partition coefficient (Wildman–Crippen LogP) is 2.42. The van der Waals surface area contributed by atoms with Crippen molar-refractivity contribution in [2.75, 3.05) is 13.6 Å². The molecule has 0 spiro atoms. The summed E-state index contributed by atoms with van der Waals surface area (Å²) in [6.45, 7) is 1.30. The summed E-state index contributed by atoms with van der Waals surface area (Å²) in [5.74, 6) is 3.31. The highest BCUT2D eigenvalue weighted by molar-refractivity contribution is 5.07. The smallest absolute Gasteiger partial charge is 0.00102 e. The van der Waals surface area contributed by atoms with Gasteiger partial charge in [0, 0.05) is 6.54 Å². The molecule has 3 rings (SSSR count). The lowest BCUT2D eigenvalue weighted by atomic mass is 9.69. The van der Waals surface area contributed by atoms with Gasteiger partial charge in [0.1, 0.15) is 0 Å². The van der Waals surface area contributed by atoms with E-state index in [9.17, 15) is 0 Å². The predicted molar refractivity (Wildman–Crippen MR) is 54.5 cm³/mol. The molecule has 2 bridgehead atoms. The molecule has 3 atom stereocenters. The molecular formula is C12H21N. The first-order valence-electron chi connectivity index (χ1n) is 6.00. The summed E-state index contributed by atoms with van der Waals surface area (Å²) in [5, 5.41) is 3.46. The maximum atomic E-state index is 3.46. The van der Waals surface area contributed by atoms with Gasteiger partial charge in [0.05, 0.1) is 0 Å². The molecule has 0 aromatic rings. The van der Waals surface area contributed by atoms with Crippen molar-refractivity contribution >= 4 is 0 Å². The van der Waals surface area contributed by atoms with Crippen LogP contribution in [-0.2, 0) is 0 Å². The van der Waals surface area contributed by atoms with Gasteiger partial charge in [-0.05, 0) is 62.3 Å². The average Bonchev–Trinajstić information content (AvgIpc) is 2.81. The van der Waals surface area contributed by atoms with E-state index in [4.69, 9.17) is 0 Å². The molecule has 0 heterocycles.